The third-order valence-electron chi connectivity index (χ3n) is 3.33. The van der Waals surface area contributed by atoms with Crippen LogP contribution in [0.25, 0.3) is 0 Å². The third-order valence-corrected chi connectivity index (χ3v) is 3.33. The predicted molar refractivity (Wildman–Crippen MR) is 75.1 cm³/mol. The van der Waals surface area contributed by atoms with E-state index in [2.05, 4.69) is 4.98 Å². The van der Waals surface area contributed by atoms with E-state index >= 15 is 0 Å². The predicted octanol–water partition coefficient (Wildman–Crippen LogP) is 0.405. The summed E-state index contributed by atoms with van der Waals surface area (Å²) in [5, 5.41) is 10.2. The second-order valence-electron chi connectivity index (χ2n) is 5.05. The van der Waals surface area contributed by atoms with E-state index in [1.165, 1.54) is 11.8 Å². The number of aromatic amines is 1. The van der Waals surface area contributed by atoms with Crippen molar-refractivity contribution in [2.75, 3.05) is 13.6 Å². The molecule has 1 amide bonds. The summed E-state index contributed by atoms with van der Waals surface area (Å²) in [4.78, 5) is 39.3. The lowest BCUT2D eigenvalue weighted by Crippen LogP contribution is -2.40. The van der Waals surface area contributed by atoms with Crippen LogP contribution in [-0.2, 0) is 4.79 Å². The summed E-state index contributed by atoms with van der Waals surface area (Å²) in [6, 6.07) is -0.887. The van der Waals surface area contributed by atoms with Crippen LogP contribution in [0.4, 0.5) is 0 Å². The van der Waals surface area contributed by atoms with Gasteiger partial charge in [0.1, 0.15) is 6.04 Å². The Labute approximate surface area is 116 Å². The second kappa shape index (κ2) is 5.94. The average molecular weight is 283 g/mol. The van der Waals surface area contributed by atoms with E-state index in [0.29, 0.717) is 6.54 Å². The average Bonchev–Trinajstić information content (AvgIpc) is 2.35. The van der Waals surface area contributed by atoms with Crippen LogP contribution in [0.1, 0.15) is 45.2 Å². The maximum Gasteiger partial charge on any atom is 0.331 e. The van der Waals surface area contributed by atoms with Gasteiger partial charge in [0.05, 0.1) is 5.56 Å². The summed E-state index contributed by atoms with van der Waals surface area (Å²) >= 11 is 0. The molecule has 2 N–H and O–H groups in total. The molecule has 7 nitrogen and oxygen atoms in total. The van der Waals surface area contributed by atoms with Crippen LogP contribution in [0.5, 0.6) is 5.88 Å². The normalized spacial score (nSPS) is 12.5. The van der Waals surface area contributed by atoms with Gasteiger partial charge in [0.15, 0.2) is 0 Å². The molecule has 0 aromatic carbocycles. The minimum atomic E-state index is -0.887. The minimum Gasteiger partial charge on any atom is -0.494 e. The molecule has 0 saturated heterocycles. The SMILES string of the molecule is CCN(C)C(=O)C(C)n1c(O)c(C(C)C)c(=O)[nH]c1=O. The molecule has 0 spiro atoms. The van der Waals surface area contributed by atoms with Crippen LogP contribution >= 0.6 is 0 Å². The number of H-pyrrole nitrogens is 1. The zero-order valence-electron chi connectivity index (χ0n) is 12.4. The molecule has 0 bridgehead atoms. The van der Waals surface area contributed by atoms with Crippen LogP contribution in [0.2, 0.25) is 0 Å². The van der Waals surface area contributed by atoms with E-state index in [1.54, 1.807) is 27.8 Å². The summed E-state index contributed by atoms with van der Waals surface area (Å²) in [7, 11) is 1.61. The lowest BCUT2D eigenvalue weighted by Gasteiger charge is -2.23. The molecular formula is C13H21N3O4. The van der Waals surface area contributed by atoms with Gasteiger partial charge in [-0.2, -0.15) is 0 Å². The van der Waals surface area contributed by atoms with Crippen LogP contribution in [0.15, 0.2) is 9.59 Å². The number of likely N-dealkylation sites (N-methyl/N-ethyl adjacent to an activating group) is 1. The first-order valence-corrected chi connectivity index (χ1v) is 6.54. The Hall–Kier alpha value is -2.05. The molecule has 0 aliphatic heterocycles. The second-order valence-corrected chi connectivity index (χ2v) is 5.05. The minimum absolute atomic E-state index is 0.100. The molecule has 0 fully saturated rings. The highest BCUT2D eigenvalue weighted by Gasteiger charge is 2.25. The van der Waals surface area contributed by atoms with E-state index in [0.717, 1.165) is 4.57 Å². The highest BCUT2D eigenvalue weighted by atomic mass is 16.3. The zero-order chi connectivity index (χ0) is 15.6. The van der Waals surface area contributed by atoms with Crippen LogP contribution < -0.4 is 11.2 Å². The Balaban J connectivity index is 3.46. The topological polar surface area (TPSA) is 95.4 Å². The molecule has 0 saturated carbocycles. The highest BCUT2D eigenvalue weighted by molar-refractivity contribution is 5.80. The number of aromatic nitrogens is 2. The molecule has 1 aromatic heterocycles. The van der Waals surface area contributed by atoms with Gasteiger partial charge < -0.3 is 10.0 Å². The van der Waals surface area contributed by atoms with E-state index < -0.39 is 23.2 Å². The first-order chi connectivity index (χ1) is 9.22. The maximum atomic E-state index is 12.1. The van der Waals surface area contributed by atoms with Crippen LogP contribution in [-0.4, -0.2) is 39.1 Å². The fourth-order valence-corrected chi connectivity index (χ4v) is 2.02. The van der Waals surface area contributed by atoms with E-state index in [4.69, 9.17) is 0 Å². The molecule has 1 rings (SSSR count). The Morgan fingerprint density at radius 1 is 1.35 bits per heavy atom. The molecular weight excluding hydrogens is 262 g/mol. The molecule has 0 radical (unpaired) electrons. The lowest BCUT2D eigenvalue weighted by molar-refractivity contribution is -0.133. The summed E-state index contributed by atoms with van der Waals surface area (Å²) in [6.45, 7) is 7.25. The number of carbonyl (C=O) groups excluding carboxylic acids is 1. The Morgan fingerprint density at radius 3 is 2.35 bits per heavy atom. The number of aromatic hydroxyl groups is 1. The Morgan fingerprint density at radius 2 is 1.90 bits per heavy atom. The van der Waals surface area contributed by atoms with Crippen molar-refractivity contribution in [2.24, 2.45) is 0 Å². The number of nitrogens with zero attached hydrogens (tertiary/aromatic N) is 2. The molecule has 7 heteroatoms. The van der Waals surface area contributed by atoms with Gasteiger partial charge in [-0.05, 0) is 19.8 Å². The molecule has 112 valence electrons. The molecule has 0 aliphatic rings. The van der Waals surface area contributed by atoms with Gasteiger partial charge in [-0.15, -0.1) is 0 Å². The van der Waals surface area contributed by atoms with Crippen LogP contribution in [0.3, 0.4) is 0 Å². The van der Waals surface area contributed by atoms with E-state index in [1.807, 2.05) is 0 Å². The smallest absolute Gasteiger partial charge is 0.331 e. The quantitative estimate of drug-likeness (QED) is 0.836. The van der Waals surface area contributed by atoms with Gasteiger partial charge >= 0.3 is 5.69 Å². The van der Waals surface area contributed by atoms with Gasteiger partial charge in [-0.1, -0.05) is 13.8 Å². The fraction of sp³-hybridized carbons (Fsp3) is 0.615. The summed E-state index contributed by atoms with van der Waals surface area (Å²) in [5.74, 6) is -1.03. The number of hydrogen-bond acceptors (Lipinski definition) is 4. The summed E-state index contributed by atoms with van der Waals surface area (Å²) in [6.07, 6.45) is 0. The third kappa shape index (κ3) is 2.76. The molecule has 1 unspecified atom stereocenters. The molecule has 1 heterocycles. The highest BCUT2D eigenvalue weighted by Crippen LogP contribution is 2.22. The van der Waals surface area contributed by atoms with Gasteiger partial charge in [0.2, 0.25) is 11.8 Å². The lowest BCUT2D eigenvalue weighted by atomic mass is 10.1. The van der Waals surface area contributed by atoms with Crippen molar-refractivity contribution in [3.8, 4) is 5.88 Å². The van der Waals surface area contributed by atoms with E-state index in [9.17, 15) is 19.5 Å². The van der Waals surface area contributed by atoms with Crippen molar-refractivity contribution >= 4 is 5.91 Å². The van der Waals surface area contributed by atoms with Gasteiger partial charge in [0.25, 0.3) is 5.56 Å². The Kier molecular flexibility index (Phi) is 4.75. The first-order valence-electron chi connectivity index (χ1n) is 6.54. The maximum absolute atomic E-state index is 12.1. The zero-order valence-corrected chi connectivity index (χ0v) is 12.4. The number of nitrogens with one attached hydrogen (secondary N) is 1. The monoisotopic (exact) mass is 283 g/mol. The molecule has 1 aromatic rings. The number of hydrogen-bond donors (Lipinski definition) is 2. The summed E-state index contributed by atoms with van der Waals surface area (Å²) in [5.41, 5.74) is -1.31. The van der Waals surface area contributed by atoms with Crippen molar-refractivity contribution in [2.45, 2.75) is 39.7 Å². The molecule has 20 heavy (non-hydrogen) atoms. The standard InChI is InChI=1S/C13H21N3O4/c1-6-15(5)11(18)8(4)16-12(19)9(7(2)3)10(17)14-13(16)20/h7-8,19H,6H2,1-5H3,(H,14,17,20). The van der Waals surface area contributed by atoms with Crippen molar-refractivity contribution in [1.29, 1.82) is 0 Å². The van der Waals surface area contributed by atoms with E-state index in [-0.39, 0.29) is 17.4 Å². The van der Waals surface area contributed by atoms with Crippen LogP contribution in [0, 0.1) is 0 Å². The molecule has 0 aliphatic carbocycles. The largest absolute Gasteiger partial charge is 0.494 e. The Bertz CT molecular complexity index is 615. The van der Waals surface area contributed by atoms with Gasteiger partial charge in [-0.3, -0.25) is 19.1 Å². The van der Waals surface area contributed by atoms with Gasteiger partial charge in [-0.25, -0.2) is 4.79 Å². The van der Waals surface area contributed by atoms with Crippen molar-refractivity contribution in [3.05, 3.63) is 26.4 Å². The first kappa shape index (κ1) is 16.0. The van der Waals surface area contributed by atoms with Gasteiger partial charge in [0, 0.05) is 13.6 Å². The number of carbonyl (C=O) groups is 1. The fourth-order valence-electron chi connectivity index (χ4n) is 2.02. The number of amides is 1. The van der Waals surface area contributed by atoms with Crippen molar-refractivity contribution < 1.29 is 9.90 Å². The molecule has 1 atom stereocenters. The summed E-state index contributed by atoms with van der Waals surface area (Å²) < 4.78 is 0.922. The number of rotatable bonds is 4. The van der Waals surface area contributed by atoms with Crippen molar-refractivity contribution in [1.82, 2.24) is 14.5 Å². The van der Waals surface area contributed by atoms with Crippen molar-refractivity contribution in [3.63, 3.8) is 0 Å².